The number of hydrogen-bond acceptors (Lipinski definition) is 6. The highest BCUT2D eigenvalue weighted by atomic mass is 31.2. The number of hydrogen-bond donors (Lipinski definition) is 0. The summed E-state index contributed by atoms with van der Waals surface area (Å²) < 4.78 is 51.1. The van der Waals surface area contributed by atoms with Crippen LogP contribution < -0.4 is 0 Å². The Morgan fingerprint density at radius 2 is 0.844 bits per heavy atom. The Labute approximate surface area is 273 Å². The molecule has 2 aromatic rings. The van der Waals surface area contributed by atoms with Gasteiger partial charge in [0.1, 0.15) is 0 Å². The molecule has 252 valence electrons. The Morgan fingerprint density at radius 3 is 1.11 bits per heavy atom. The first-order valence-corrected chi connectivity index (χ1v) is 19.9. The van der Waals surface area contributed by atoms with Crippen molar-refractivity contribution in [2.75, 3.05) is 38.8 Å². The maximum atomic E-state index is 13.6. The molecular weight excluding hydrogens is 602 g/mol. The average molecular weight is 661 g/mol. The normalized spacial score (nSPS) is 26.8. The third-order valence-corrected chi connectivity index (χ3v) is 12.8. The van der Waals surface area contributed by atoms with Crippen LogP contribution in [0.1, 0.15) is 116 Å². The monoisotopic (exact) mass is 660 g/mol. The van der Waals surface area contributed by atoms with Gasteiger partial charge in [-0.2, -0.15) is 0 Å². The zero-order valence-electron chi connectivity index (χ0n) is 30.0. The Hall–Kier alpha value is -1.26. The van der Waals surface area contributed by atoms with Crippen LogP contribution in [-0.4, -0.2) is 38.8 Å². The van der Waals surface area contributed by atoms with E-state index in [4.69, 9.17) is 18.1 Å². The van der Waals surface area contributed by atoms with Crippen molar-refractivity contribution in [2.45, 2.75) is 118 Å². The molecule has 8 heteroatoms. The zero-order chi connectivity index (χ0) is 33.7. The molecule has 1 spiro atoms. The van der Waals surface area contributed by atoms with Gasteiger partial charge in [0.2, 0.25) is 0 Å². The van der Waals surface area contributed by atoms with Crippen LogP contribution in [0.25, 0.3) is 0 Å². The van der Waals surface area contributed by atoms with E-state index in [1.807, 2.05) is 0 Å². The maximum absolute atomic E-state index is 13.6. The van der Waals surface area contributed by atoms with Crippen LogP contribution in [0.5, 0.6) is 0 Å². The minimum absolute atomic E-state index is 0.0433. The van der Waals surface area contributed by atoms with Gasteiger partial charge in [-0.3, -0.25) is 9.13 Å². The highest BCUT2D eigenvalue weighted by molar-refractivity contribution is 7.54. The van der Waals surface area contributed by atoms with Gasteiger partial charge >= 0.3 is 15.2 Å². The highest BCUT2D eigenvalue weighted by Crippen LogP contribution is 2.59. The molecule has 0 amide bonds. The van der Waals surface area contributed by atoms with E-state index >= 15 is 0 Å². The van der Waals surface area contributed by atoms with E-state index in [0.717, 1.165) is 0 Å². The Bertz CT molecular complexity index is 1330. The van der Waals surface area contributed by atoms with Crippen molar-refractivity contribution in [3.8, 4) is 0 Å². The van der Waals surface area contributed by atoms with Crippen molar-refractivity contribution in [3.05, 3.63) is 69.8 Å². The van der Waals surface area contributed by atoms with Crippen molar-refractivity contribution < 1.29 is 27.2 Å². The molecule has 2 aliphatic rings. The topological polar surface area (TPSA) is 71.1 Å². The summed E-state index contributed by atoms with van der Waals surface area (Å²) >= 11 is 0. The SMILES string of the molecule is CC(C)(C)c1ccc(CCP2(=O)OCC3(CO2)COP(=O)(CCc2ccc(C(C)(C)C)cc2C(C)(C)C)OC3)c(C(C)(C)C)c1. The summed E-state index contributed by atoms with van der Waals surface area (Å²) in [4.78, 5) is 0. The number of rotatable bonds is 6. The van der Waals surface area contributed by atoms with E-state index in [1.165, 1.54) is 33.4 Å². The second-order valence-electron chi connectivity index (χ2n) is 17.5. The van der Waals surface area contributed by atoms with Crippen molar-refractivity contribution in [3.63, 3.8) is 0 Å². The fourth-order valence-electron chi connectivity index (χ4n) is 5.96. The first-order chi connectivity index (χ1) is 20.4. The van der Waals surface area contributed by atoms with E-state index in [1.54, 1.807) is 0 Å². The molecule has 4 rings (SSSR count). The maximum Gasteiger partial charge on any atom is 0.331 e. The van der Waals surface area contributed by atoms with Crippen LogP contribution >= 0.6 is 15.2 Å². The molecule has 2 heterocycles. The van der Waals surface area contributed by atoms with Gasteiger partial charge in [0.05, 0.1) is 44.2 Å². The third-order valence-electron chi connectivity index (χ3n) is 9.15. The smallest absolute Gasteiger partial charge is 0.308 e. The Morgan fingerprint density at radius 1 is 0.533 bits per heavy atom. The summed E-state index contributed by atoms with van der Waals surface area (Å²) in [5, 5.41) is 0. The Kier molecular flexibility index (Phi) is 10.3. The molecule has 0 aromatic heterocycles. The lowest BCUT2D eigenvalue weighted by Crippen LogP contribution is -2.46. The van der Waals surface area contributed by atoms with E-state index in [2.05, 4.69) is 119 Å². The van der Waals surface area contributed by atoms with E-state index in [-0.39, 0.29) is 48.1 Å². The van der Waals surface area contributed by atoms with Crippen LogP contribution in [0.2, 0.25) is 0 Å². The van der Waals surface area contributed by atoms with Crippen molar-refractivity contribution in [1.29, 1.82) is 0 Å². The lowest BCUT2D eigenvalue weighted by Gasteiger charge is -2.43. The lowest BCUT2D eigenvalue weighted by atomic mass is 9.78. The zero-order valence-corrected chi connectivity index (χ0v) is 31.8. The predicted molar refractivity (Wildman–Crippen MR) is 186 cm³/mol. The average Bonchev–Trinajstić information content (AvgIpc) is 2.92. The standard InChI is InChI=1S/C37H58O6P2/c1-33(2,3)29-15-13-27(31(21-29)35(7,8)9)17-19-44(38)40-23-37(24-41-44)25-42-45(39,43-26-37)20-18-28-14-16-30(34(4,5)6)22-32(28)36(10,11)12/h13-16,21-22H,17-20,23-26H2,1-12H3. The van der Waals surface area contributed by atoms with Crippen LogP contribution in [0.3, 0.4) is 0 Å². The third kappa shape index (κ3) is 9.01. The fourth-order valence-corrected chi connectivity index (χ4v) is 9.53. The lowest BCUT2D eigenvalue weighted by molar-refractivity contribution is -0.0683. The molecule has 2 aromatic carbocycles. The molecule has 2 fully saturated rings. The van der Waals surface area contributed by atoms with Crippen LogP contribution in [-0.2, 0) is 61.7 Å². The summed E-state index contributed by atoms with van der Waals surface area (Å²) in [5.74, 6) is 0. The van der Waals surface area contributed by atoms with Gasteiger partial charge in [-0.15, -0.1) is 0 Å². The summed E-state index contributed by atoms with van der Waals surface area (Å²) in [7, 11) is -6.58. The molecule has 0 saturated carbocycles. The summed E-state index contributed by atoms with van der Waals surface area (Å²) in [6.07, 6.45) is 1.84. The van der Waals surface area contributed by atoms with Crippen molar-refractivity contribution in [2.24, 2.45) is 5.41 Å². The molecular formula is C37H58O6P2. The summed E-state index contributed by atoms with van der Waals surface area (Å²) in [6.45, 7) is 27.4. The van der Waals surface area contributed by atoms with Crippen LogP contribution in [0.15, 0.2) is 36.4 Å². The van der Waals surface area contributed by atoms with Gasteiger partial charge < -0.3 is 18.1 Å². The van der Waals surface area contributed by atoms with Gasteiger partial charge in [-0.05, 0) is 67.9 Å². The van der Waals surface area contributed by atoms with Gasteiger partial charge in [0.15, 0.2) is 0 Å². The second kappa shape index (κ2) is 12.6. The summed E-state index contributed by atoms with van der Waals surface area (Å²) in [5.41, 5.74) is 6.85. The van der Waals surface area contributed by atoms with Gasteiger partial charge in [0, 0.05) is 0 Å². The molecule has 0 radical (unpaired) electrons. The quantitative estimate of drug-likeness (QED) is 0.287. The molecule has 2 saturated heterocycles. The molecule has 0 N–H and O–H groups in total. The minimum Gasteiger partial charge on any atom is -0.308 e. The van der Waals surface area contributed by atoms with Crippen molar-refractivity contribution in [1.82, 2.24) is 0 Å². The first-order valence-electron chi connectivity index (χ1n) is 16.5. The molecule has 0 bridgehead atoms. The Balaban J connectivity index is 1.35. The van der Waals surface area contributed by atoms with Gasteiger partial charge in [0.25, 0.3) is 0 Å². The fraction of sp³-hybridized carbons (Fsp3) is 0.676. The second-order valence-corrected chi connectivity index (χ2v) is 21.9. The van der Waals surface area contributed by atoms with E-state index in [0.29, 0.717) is 25.2 Å². The highest BCUT2D eigenvalue weighted by Gasteiger charge is 2.48. The molecule has 0 atom stereocenters. The first kappa shape index (κ1) is 36.6. The molecule has 45 heavy (non-hydrogen) atoms. The molecule has 0 aliphatic carbocycles. The molecule has 0 unspecified atom stereocenters. The minimum atomic E-state index is -3.29. The predicted octanol–water partition coefficient (Wildman–Crippen LogP) is 10.1. The number of benzene rings is 2. The van der Waals surface area contributed by atoms with E-state index < -0.39 is 20.6 Å². The number of aryl methyl sites for hydroxylation is 2. The van der Waals surface area contributed by atoms with Crippen LogP contribution in [0.4, 0.5) is 0 Å². The largest absolute Gasteiger partial charge is 0.331 e. The van der Waals surface area contributed by atoms with Crippen molar-refractivity contribution >= 4 is 15.2 Å². The van der Waals surface area contributed by atoms with Gasteiger partial charge in [-0.1, -0.05) is 119 Å². The van der Waals surface area contributed by atoms with Gasteiger partial charge in [-0.25, -0.2) is 0 Å². The molecule has 6 nitrogen and oxygen atoms in total. The van der Waals surface area contributed by atoms with Crippen LogP contribution in [0, 0.1) is 5.41 Å². The molecule has 2 aliphatic heterocycles. The summed E-state index contributed by atoms with van der Waals surface area (Å²) in [6, 6.07) is 13.3. The van der Waals surface area contributed by atoms with E-state index in [9.17, 15) is 9.13 Å².